The Labute approximate surface area is 162 Å². The van der Waals surface area contributed by atoms with Crippen molar-refractivity contribution in [3.8, 4) is 0 Å². The SMILES string of the molecule is O=C(CCC(=O)Nc1ccccc1Br)NN=Cc1cccc(I)c1. The molecule has 0 fully saturated rings. The van der Waals surface area contributed by atoms with E-state index < -0.39 is 0 Å². The maximum atomic E-state index is 11.9. The lowest BCUT2D eigenvalue weighted by Gasteiger charge is -2.06. The zero-order valence-electron chi connectivity index (χ0n) is 12.6. The standard InChI is InChI=1S/C17H15BrIN3O2/c18-14-6-1-2-7-15(14)21-16(23)8-9-17(24)22-20-11-12-4-3-5-13(19)10-12/h1-7,10-11H,8-9H2,(H,21,23)(H,22,24). The third-order valence-electron chi connectivity index (χ3n) is 2.98. The molecule has 2 N–H and O–H groups in total. The second-order valence-electron chi connectivity index (χ2n) is 4.88. The van der Waals surface area contributed by atoms with Crippen molar-refractivity contribution in [1.82, 2.24) is 5.43 Å². The molecular weight excluding hydrogens is 485 g/mol. The Kier molecular flexibility index (Phi) is 7.38. The number of carbonyl (C=O) groups excluding carboxylic acids is 2. The molecule has 2 aromatic carbocycles. The maximum Gasteiger partial charge on any atom is 0.240 e. The van der Waals surface area contributed by atoms with Crippen LogP contribution in [0.3, 0.4) is 0 Å². The Morgan fingerprint density at radius 3 is 2.58 bits per heavy atom. The predicted octanol–water partition coefficient (Wildman–Crippen LogP) is 3.92. The summed E-state index contributed by atoms with van der Waals surface area (Å²) in [7, 11) is 0. The van der Waals surface area contributed by atoms with E-state index in [2.05, 4.69) is 54.4 Å². The number of nitrogens with one attached hydrogen (secondary N) is 2. The Morgan fingerprint density at radius 2 is 1.83 bits per heavy atom. The second-order valence-corrected chi connectivity index (χ2v) is 6.98. The van der Waals surface area contributed by atoms with Crippen LogP contribution < -0.4 is 10.7 Å². The van der Waals surface area contributed by atoms with Gasteiger partial charge in [-0.05, 0) is 68.3 Å². The van der Waals surface area contributed by atoms with Gasteiger partial charge in [-0.3, -0.25) is 9.59 Å². The van der Waals surface area contributed by atoms with Gasteiger partial charge in [0, 0.05) is 20.9 Å². The summed E-state index contributed by atoms with van der Waals surface area (Å²) in [4.78, 5) is 23.6. The Hall–Kier alpha value is -1.74. The first kappa shape index (κ1) is 18.6. The first-order chi connectivity index (χ1) is 11.5. The summed E-state index contributed by atoms with van der Waals surface area (Å²) in [5.41, 5.74) is 4.00. The quantitative estimate of drug-likeness (QED) is 0.359. The second kappa shape index (κ2) is 9.53. The third-order valence-corrected chi connectivity index (χ3v) is 4.34. The highest BCUT2D eigenvalue weighted by Gasteiger charge is 2.08. The fourth-order valence-electron chi connectivity index (χ4n) is 1.82. The van der Waals surface area contributed by atoms with Gasteiger partial charge in [-0.1, -0.05) is 24.3 Å². The highest BCUT2D eigenvalue weighted by Crippen LogP contribution is 2.21. The average molecular weight is 500 g/mol. The first-order valence-electron chi connectivity index (χ1n) is 7.16. The normalized spacial score (nSPS) is 10.6. The van der Waals surface area contributed by atoms with Gasteiger partial charge in [0.2, 0.25) is 11.8 Å². The topological polar surface area (TPSA) is 70.6 Å². The molecule has 0 aliphatic carbocycles. The van der Waals surface area contributed by atoms with Crippen LogP contribution in [0.2, 0.25) is 0 Å². The van der Waals surface area contributed by atoms with E-state index in [1.54, 1.807) is 12.3 Å². The monoisotopic (exact) mass is 499 g/mol. The molecule has 0 radical (unpaired) electrons. The number of amides is 2. The van der Waals surface area contributed by atoms with E-state index >= 15 is 0 Å². The molecule has 0 saturated heterocycles. The van der Waals surface area contributed by atoms with Crippen LogP contribution >= 0.6 is 38.5 Å². The molecule has 2 aromatic rings. The number of nitrogens with zero attached hydrogens (tertiary/aromatic N) is 1. The molecule has 0 atom stereocenters. The Balaban J connectivity index is 1.75. The van der Waals surface area contributed by atoms with Crippen LogP contribution in [0.4, 0.5) is 5.69 Å². The van der Waals surface area contributed by atoms with Crippen LogP contribution in [0.15, 0.2) is 58.1 Å². The molecule has 124 valence electrons. The van der Waals surface area contributed by atoms with Crippen molar-refractivity contribution in [2.24, 2.45) is 5.10 Å². The molecule has 0 spiro atoms. The van der Waals surface area contributed by atoms with Gasteiger partial charge < -0.3 is 5.32 Å². The number of hydrazone groups is 1. The fourth-order valence-corrected chi connectivity index (χ4v) is 2.78. The summed E-state index contributed by atoms with van der Waals surface area (Å²) in [6.07, 6.45) is 1.73. The number of carbonyl (C=O) groups is 2. The molecule has 0 bridgehead atoms. The van der Waals surface area contributed by atoms with Gasteiger partial charge in [0.05, 0.1) is 11.9 Å². The molecule has 0 saturated carbocycles. The zero-order valence-corrected chi connectivity index (χ0v) is 16.4. The van der Waals surface area contributed by atoms with Crippen molar-refractivity contribution in [2.45, 2.75) is 12.8 Å². The Morgan fingerprint density at radius 1 is 1.08 bits per heavy atom. The van der Waals surface area contributed by atoms with Gasteiger partial charge >= 0.3 is 0 Å². The van der Waals surface area contributed by atoms with Crippen LogP contribution in [0, 0.1) is 3.57 Å². The van der Waals surface area contributed by atoms with E-state index in [0.717, 1.165) is 13.6 Å². The smallest absolute Gasteiger partial charge is 0.240 e. The van der Waals surface area contributed by atoms with E-state index in [9.17, 15) is 9.59 Å². The number of anilines is 1. The van der Waals surface area contributed by atoms with Crippen LogP contribution in [-0.4, -0.2) is 18.0 Å². The van der Waals surface area contributed by atoms with Crippen molar-refractivity contribution < 1.29 is 9.59 Å². The number of rotatable bonds is 6. The molecule has 0 unspecified atom stereocenters. The lowest BCUT2D eigenvalue weighted by molar-refractivity contribution is -0.124. The van der Waals surface area contributed by atoms with Gasteiger partial charge in [0.25, 0.3) is 0 Å². The predicted molar refractivity (Wildman–Crippen MR) is 107 cm³/mol. The minimum Gasteiger partial charge on any atom is -0.325 e. The molecule has 2 rings (SSSR count). The van der Waals surface area contributed by atoms with Crippen molar-refractivity contribution in [1.29, 1.82) is 0 Å². The van der Waals surface area contributed by atoms with E-state index in [1.807, 2.05) is 42.5 Å². The number of para-hydroxylation sites is 1. The minimum atomic E-state index is -0.306. The van der Waals surface area contributed by atoms with Crippen molar-refractivity contribution in [3.05, 3.63) is 62.1 Å². The maximum absolute atomic E-state index is 11.9. The van der Waals surface area contributed by atoms with Crippen LogP contribution in [-0.2, 0) is 9.59 Å². The number of hydrogen-bond acceptors (Lipinski definition) is 3. The molecule has 7 heteroatoms. The van der Waals surface area contributed by atoms with Crippen molar-refractivity contribution >= 4 is 62.2 Å². The zero-order chi connectivity index (χ0) is 17.4. The number of benzene rings is 2. The van der Waals surface area contributed by atoms with Gasteiger partial charge in [0.15, 0.2) is 0 Å². The Bertz CT molecular complexity index is 765. The molecule has 0 aliphatic heterocycles. The highest BCUT2D eigenvalue weighted by molar-refractivity contribution is 14.1. The number of hydrogen-bond donors (Lipinski definition) is 2. The summed E-state index contributed by atoms with van der Waals surface area (Å²) in [6.45, 7) is 0. The molecule has 0 aliphatic rings. The molecule has 5 nitrogen and oxygen atoms in total. The van der Waals surface area contributed by atoms with E-state index in [0.29, 0.717) is 5.69 Å². The first-order valence-corrected chi connectivity index (χ1v) is 9.03. The molecule has 0 heterocycles. The summed E-state index contributed by atoms with van der Waals surface area (Å²) in [5.74, 6) is -0.530. The number of halogens is 2. The van der Waals surface area contributed by atoms with E-state index in [4.69, 9.17) is 0 Å². The van der Waals surface area contributed by atoms with Gasteiger partial charge in [-0.15, -0.1) is 0 Å². The fraction of sp³-hybridized carbons (Fsp3) is 0.118. The third kappa shape index (κ3) is 6.40. The van der Waals surface area contributed by atoms with Crippen molar-refractivity contribution in [2.75, 3.05) is 5.32 Å². The summed E-state index contributed by atoms with van der Waals surface area (Å²) in [6, 6.07) is 15.0. The molecular formula is C17H15BrIN3O2. The van der Waals surface area contributed by atoms with Crippen LogP contribution in [0.5, 0.6) is 0 Å². The summed E-state index contributed by atoms with van der Waals surface area (Å²) in [5, 5.41) is 6.64. The van der Waals surface area contributed by atoms with E-state index in [1.165, 1.54) is 0 Å². The minimum absolute atomic E-state index is 0.0694. The lowest BCUT2D eigenvalue weighted by atomic mass is 10.2. The van der Waals surface area contributed by atoms with Crippen LogP contribution in [0.1, 0.15) is 18.4 Å². The summed E-state index contributed by atoms with van der Waals surface area (Å²) < 4.78 is 1.89. The molecule has 0 aromatic heterocycles. The highest BCUT2D eigenvalue weighted by atomic mass is 127. The van der Waals surface area contributed by atoms with Crippen molar-refractivity contribution in [3.63, 3.8) is 0 Å². The lowest BCUT2D eigenvalue weighted by Crippen LogP contribution is -2.20. The molecule has 2 amide bonds. The van der Waals surface area contributed by atoms with E-state index in [-0.39, 0.29) is 24.7 Å². The van der Waals surface area contributed by atoms with Gasteiger partial charge in [0.1, 0.15) is 0 Å². The van der Waals surface area contributed by atoms with Crippen LogP contribution in [0.25, 0.3) is 0 Å². The average Bonchev–Trinajstić information content (AvgIpc) is 2.55. The summed E-state index contributed by atoms with van der Waals surface area (Å²) >= 11 is 5.56. The van der Waals surface area contributed by atoms with Gasteiger partial charge in [-0.2, -0.15) is 5.10 Å². The largest absolute Gasteiger partial charge is 0.325 e. The molecule has 24 heavy (non-hydrogen) atoms. The van der Waals surface area contributed by atoms with Gasteiger partial charge in [-0.25, -0.2) is 5.43 Å².